The summed E-state index contributed by atoms with van der Waals surface area (Å²) in [5.41, 5.74) is 5.58. The molecule has 2 N–H and O–H groups in total. The van der Waals surface area contributed by atoms with Crippen molar-refractivity contribution in [2.24, 2.45) is 5.73 Å². The molecule has 1 atom stereocenters. The molecule has 1 aromatic rings. The van der Waals surface area contributed by atoms with Gasteiger partial charge in [0.05, 0.1) is 5.02 Å². The van der Waals surface area contributed by atoms with Crippen molar-refractivity contribution in [1.82, 2.24) is 0 Å². The molecule has 1 unspecified atom stereocenters. The van der Waals surface area contributed by atoms with Crippen LogP contribution in [0.1, 0.15) is 17.8 Å². The standard InChI is InChI=1S/C6H8ClNS/c1-4(8)6-2-5(7)3-9-6/h2-4H,8H2,1H3. The Bertz CT molecular complexity index is 195. The van der Waals surface area contributed by atoms with Crippen LogP contribution in [0.2, 0.25) is 5.02 Å². The molecule has 0 aliphatic rings. The number of nitrogens with two attached hydrogens (primary N) is 1. The largest absolute Gasteiger partial charge is 0.324 e. The van der Waals surface area contributed by atoms with E-state index in [0.717, 1.165) is 9.90 Å². The van der Waals surface area contributed by atoms with Crippen molar-refractivity contribution in [3.63, 3.8) is 0 Å². The minimum Gasteiger partial charge on any atom is -0.324 e. The van der Waals surface area contributed by atoms with Gasteiger partial charge in [-0.25, -0.2) is 0 Å². The molecule has 0 saturated carbocycles. The number of rotatable bonds is 1. The van der Waals surface area contributed by atoms with Gasteiger partial charge in [0.1, 0.15) is 0 Å². The van der Waals surface area contributed by atoms with Crippen LogP contribution in [0.25, 0.3) is 0 Å². The highest BCUT2D eigenvalue weighted by Gasteiger charge is 2.00. The zero-order valence-corrected chi connectivity index (χ0v) is 6.67. The summed E-state index contributed by atoms with van der Waals surface area (Å²) in [6, 6.07) is 2.01. The first kappa shape index (κ1) is 7.06. The fraction of sp³-hybridized carbons (Fsp3) is 0.333. The van der Waals surface area contributed by atoms with E-state index >= 15 is 0 Å². The van der Waals surface area contributed by atoms with Crippen molar-refractivity contribution < 1.29 is 0 Å². The average molecular weight is 162 g/mol. The van der Waals surface area contributed by atoms with Crippen LogP contribution in [0.4, 0.5) is 0 Å². The van der Waals surface area contributed by atoms with Gasteiger partial charge in [0, 0.05) is 16.3 Å². The lowest BCUT2D eigenvalue weighted by atomic mass is 10.3. The summed E-state index contributed by atoms with van der Waals surface area (Å²) in [5.74, 6) is 0. The lowest BCUT2D eigenvalue weighted by Gasteiger charge is -1.96. The van der Waals surface area contributed by atoms with Crippen LogP contribution in [-0.2, 0) is 0 Å². The predicted octanol–water partition coefficient (Wildman–Crippen LogP) is 2.42. The minimum atomic E-state index is 0.113. The van der Waals surface area contributed by atoms with E-state index in [1.165, 1.54) is 0 Å². The predicted molar refractivity (Wildman–Crippen MR) is 41.9 cm³/mol. The van der Waals surface area contributed by atoms with E-state index in [9.17, 15) is 0 Å². The number of hydrogen-bond donors (Lipinski definition) is 1. The van der Waals surface area contributed by atoms with Crippen LogP contribution in [0.15, 0.2) is 11.4 Å². The fourth-order valence-corrected chi connectivity index (χ4v) is 1.61. The van der Waals surface area contributed by atoms with Gasteiger partial charge in [-0.05, 0) is 13.0 Å². The third-order valence-corrected chi connectivity index (χ3v) is 2.52. The van der Waals surface area contributed by atoms with Gasteiger partial charge in [-0.15, -0.1) is 11.3 Å². The van der Waals surface area contributed by atoms with Gasteiger partial charge in [0.25, 0.3) is 0 Å². The van der Waals surface area contributed by atoms with E-state index in [4.69, 9.17) is 17.3 Å². The summed E-state index contributed by atoms with van der Waals surface area (Å²) in [4.78, 5) is 1.14. The molecule has 0 fully saturated rings. The molecule has 0 aromatic carbocycles. The molecule has 1 heterocycles. The Morgan fingerprint density at radius 3 is 2.67 bits per heavy atom. The van der Waals surface area contributed by atoms with Crippen molar-refractivity contribution in [1.29, 1.82) is 0 Å². The molecule has 9 heavy (non-hydrogen) atoms. The van der Waals surface area contributed by atoms with E-state index in [0.29, 0.717) is 0 Å². The lowest BCUT2D eigenvalue weighted by Crippen LogP contribution is -2.01. The zero-order valence-electron chi connectivity index (χ0n) is 5.10. The van der Waals surface area contributed by atoms with Crippen LogP contribution < -0.4 is 5.73 Å². The van der Waals surface area contributed by atoms with Gasteiger partial charge in [-0.1, -0.05) is 11.6 Å². The average Bonchev–Trinajstić information content (AvgIpc) is 2.14. The van der Waals surface area contributed by atoms with E-state index in [2.05, 4.69) is 0 Å². The molecular formula is C6H8ClNS. The van der Waals surface area contributed by atoms with Crippen LogP contribution in [0.3, 0.4) is 0 Å². The van der Waals surface area contributed by atoms with Gasteiger partial charge < -0.3 is 5.73 Å². The van der Waals surface area contributed by atoms with Crippen LogP contribution >= 0.6 is 22.9 Å². The Morgan fingerprint density at radius 2 is 2.44 bits per heavy atom. The normalized spacial score (nSPS) is 13.7. The van der Waals surface area contributed by atoms with Gasteiger partial charge in [-0.3, -0.25) is 0 Å². The molecule has 3 heteroatoms. The fourth-order valence-electron chi connectivity index (χ4n) is 0.567. The quantitative estimate of drug-likeness (QED) is 0.673. The Kier molecular flexibility index (Phi) is 2.11. The Labute approximate surface area is 63.4 Å². The monoisotopic (exact) mass is 161 g/mol. The Balaban J connectivity index is 2.85. The maximum absolute atomic E-state index is 5.66. The summed E-state index contributed by atoms with van der Waals surface area (Å²) in [7, 11) is 0. The van der Waals surface area contributed by atoms with Gasteiger partial charge >= 0.3 is 0 Å². The smallest absolute Gasteiger partial charge is 0.0516 e. The summed E-state index contributed by atoms with van der Waals surface area (Å²) in [5, 5.41) is 2.67. The highest BCUT2D eigenvalue weighted by molar-refractivity contribution is 7.10. The molecule has 0 radical (unpaired) electrons. The van der Waals surface area contributed by atoms with E-state index in [-0.39, 0.29) is 6.04 Å². The second-order valence-corrected chi connectivity index (χ2v) is 3.34. The maximum Gasteiger partial charge on any atom is 0.0516 e. The molecule has 0 saturated heterocycles. The molecule has 1 aromatic heterocycles. The van der Waals surface area contributed by atoms with Crippen molar-refractivity contribution >= 4 is 22.9 Å². The van der Waals surface area contributed by atoms with Gasteiger partial charge in [0.2, 0.25) is 0 Å². The molecule has 0 aliphatic carbocycles. The first-order chi connectivity index (χ1) is 4.20. The van der Waals surface area contributed by atoms with Crippen LogP contribution in [0.5, 0.6) is 0 Å². The highest BCUT2D eigenvalue weighted by atomic mass is 35.5. The van der Waals surface area contributed by atoms with Gasteiger partial charge in [0.15, 0.2) is 0 Å². The second kappa shape index (κ2) is 2.69. The molecule has 50 valence electrons. The molecular weight excluding hydrogens is 154 g/mol. The summed E-state index contributed by atoms with van der Waals surface area (Å²) < 4.78 is 0. The van der Waals surface area contributed by atoms with Crippen molar-refractivity contribution in [2.45, 2.75) is 13.0 Å². The molecule has 1 nitrogen and oxygen atoms in total. The van der Waals surface area contributed by atoms with Crippen LogP contribution in [-0.4, -0.2) is 0 Å². The molecule has 0 bridgehead atoms. The van der Waals surface area contributed by atoms with Crippen molar-refractivity contribution in [3.8, 4) is 0 Å². The van der Waals surface area contributed by atoms with E-state index in [1.54, 1.807) is 11.3 Å². The zero-order chi connectivity index (χ0) is 6.85. The minimum absolute atomic E-state index is 0.113. The van der Waals surface area contributed by atoms with Crippen LogP contribution in [0, 0.1) is 0 Å². The first-order valence-corrected chi connectivity index (χ1v) is 3.95. The SMILES string of the molecule is CC(N)c1cc(Cl)cs1. The molecule has 0 amide bonds. The Hall–Kier alpha value is -0.0500. The third kappa shape index (κ3) is 1.68. The van der Waals surface area contributed by atoms with Crippen molar-refractivity contribution in [3.05, 3.63) is 21.3 Å². The highest BCUT2D eigenvalue weighted by Crippen LogP contribution is 2.23. The maximum atomic E-state index is 5.66. The van der Waals surface area contributed by atoms with Gasteiger partial charge in [-0.2, -0.15) is 0 Å². The van der Waals surface area contributed by atoms with E-state index < -0.39 is 0 Å². The second-order valence-electron chi connectivity index (χ2n) is 1.96. The third-order valence-electron chi connectivity index (χ3n) is 1.04. The first-order valence-electron chi connectivity index (χ1n) is 2.69. The lowest BCUT2D eigenvalue weighted by molar-refractivity contribution is 0.838. The topological polar surface area (TPSA) is 26.0 Å². The molecule has 0 spiro atoms. The molecule has 0 aliphatic heterocycles. The Morgan fingerprint density at radius 1 is 1.78 bits per heavy atom. The summed E-state index contributed by atoms with van der Waals surface area (Å²) in [6.07, 6.45) is 0. The number of hydrogen-bond acceptors (Lipinski definition) is 2. The van der Waals surface area contributed by atoms with E-state index in [1.807, 2.05) is 18.4 Å². The summed E-state index contributed by atoms with van der Waals surface area (Å²) >= 11 is 7.26. The summed E-state index contributed by atoms with van der Waals surface area (Å²) in [6.45, 7) is 1.95. The molecule has 1 rings (SSSR count). The number of thiophene rings is 1. The van der Waals surface area contributed by atoms with Crippen molar-refractivity contribution in [2.75, 3.05) is 0 Å². The number of halogens is 1.